The first kappa shape index (κ1) is 10.3. The molecular weight excluding hydrogens is 190 g/mol. The Balaban J connectivity index is 2.00. The molecule has 2 heterocycles. The molecule has 0 saturated carbocycles. The highest BCUT2D eigenvalue weighted by Gasteiger charge is 2.54. The number of hydrogen-bond donors (Lipinski definition) is 3. The monoisotopic (exact) mass is 205 g/mol. The van der Waals surface area contributed by atoms with Crippen molar-refractivity contribution in [1.82, 2.24) is 5.32 Å². The number of hydrogen-bond acceptors (Lipinski definition) is 6. The van der Waals surface area contributed by atoms with Crippen LogP contribution in [0.15, 0.2) is 0 Å². The van der Waals surface area contributed by atoms with Crippen molar-refractivity contribution in [3.05, 3.63) is 0 Å². The van der Waals surface area contributed by atoms with E-state index in [-0.39, 0.29) is 6.73 Å². The summed E-state index contributed by atoms with van der Waals surface area (Å²) in [5.74, 6) is -0.722. The van der Waals surface area contributed by atoms with Gasteiger partial charge in [-0.3, -0.25) is 5.32 Å². The van der Waals surface area contributed by atoms with Crippen molar-refractivity contribution in [2.24, 2.45) is 0 Å². The maximum atomic E-state index is 9.72. The topological polar surface area (TPSA) is 80.2 Å². The van der Waals surface area contributed by atoms with Gasteiger partial charge < -0.3 is 24.4 Å². The molecule has 2 saturated heterocycles. The summed E-state index contributed by atoms with van der Waals surface area (Å²) in [5, 5.41) is 20.9. The van der Waals surface area contributed by atoms with Gasteiger partial charge in [-0.05, 0) is 13.8 Å². The second kappa shape index (κ2) is 3.41. The van der Waals surface area contributed by atoms with Crippen LogP contribution in [0.25, 0.3) is 0 Å². The Bertz CT molecular complexity index is 222. The molecule has 0 aromatic carbocycles. The van der Waals surface area contributed by atoms with Gasteiger partial charge in [0.05, 0.1) is 6.73 Å². The van der Waals surface area contributed by atoms with E-state index in [2.05, 4.69) is 5.32 Å². The Labute approximate surface area is 81.8 Å². The summed E-state index contributed by atoms with van der Waals surface area (Å²) < 4.78 is 16.1. The van der Waals surface area contributed by atoms with Gasteiger partial charge >= 0.3 is 0 Å². The van der Waals surface area contributed by atoms with Gasteiger partial charge in [-0.1, -0.05) is 0 Å². The summed E-state index contributed by atoms with van der Waals surface area (Å²) in [6, 6.07) is 0. The first-order valence-electron chi connectivity index (χ1n) is 4.57. The molecule has 6 heteroatoms. The van der Waals surface area contributed by atoms with Crippen molar-refractivity contribution in [2.75, 3.05) is 6.73 Å². The van der Waals surface area contributed by atoms with Gasteiger partial charge in [0.15, 0.2) is 12.1 Å². The SMILES string of the molecule is CC1(C)O[C@H]2O[C@H](NCO)[C@H](O)[C@H]2O1. The predicted octanol–water partition coefficient (Wildman–Crippen LogP) is -1.28. The molecule has 82 valence electrons. The fourth-order valence-corrected chi connectivity index (χ4v) is 1.75. The Morgan fingerprint density at radius 3 is 2.64 bits per heavy atom. The molecule has 14 heavy (non-hydrogen) atoms. The molecule has 2 aliphatic heterocycles. The van der Waals surface area contributed by atoms with E-state index in [1.54, 1.807) is 13.8 Å². The molecule has 2 rings (SSSR count). The van der Waals surface area contributed by atoms with Gasteiger partial charge in [-0.25, -0.2) is 0 Å². The molecule has 0 unspecified atom stereocenters. The minimum absolute atomic E-state index is 0.259. The second-order valence-corrected chi connectivity index (χ2v) is 3.88. The predicted molar refractivity (Wildman–Crippen MR) is 44.9 cm³/mol. The minimum atomic E-state index is -0.825. The molecule has 0 aromatic heterocycles. The van der Waals surface area contributed by atoms with Crippen molar-refractivity contribution in [2.45, 2.75) is 44.4 Å². The van der Waals surface area contributed by atoms with Crippen LogP contribution in [-0.4, -0.2) is 47.5 Å². The van der Waals surface area contributed by atoms with Crippen molar-refractivity contribution >= 4 is 0 Å². The van der Waals surface area contributed by atoms with Crippen molar-refractivity contribution in [1.29, 1.82) is 0 Å². The molecule has 0 amide bonds. The normalized spacial score (nSPS) is 45.4. The van der Waals surface area contributed by atoms with E-state index in [9.17, 15) is 5.11 Å². The zero-order valence-electron chi connectivity index (χ0n) is 8.14. The van der Waals surface area contributed by atoms with Crippen LogP contribution in [0.2, 0.25) is 0 Å². The smallest absolute Gasteiger partial charge is 0.191 e. The number of rotatable bonds is 2. The fourth-order valence-electron chi connectivity index (χ4n) is 1.75. The van der Waals surface area contributed by atoms with E-state index in [1.165, 1.54) is 0 Å². The molecule has 0 spiro atoms. The third kappa shape index (κ3) is 1.65. The van der Waals surface area contributed by atoms with Gasteiger partial charge in [-0.15, -0.1) is 0 Å². The number of fused-ring (bicyclic) bond motifs is 1. The van der Waals surface area contributed by atoms with E-state index in [1.807, 2.05) is 0 Å². The van der Waals surface area contributed by atoms with Gasteiger partial charge in [0.2, 0.25) is 0 Å². The molecule has 0 bridgehead atoms. The average molecular weight is 205 g/mol. The fraction of sp³-hybridized carbons (Fsp3) is 1.00. The molecule has 6 nitrogen and oxygen atoms in total. The lowest BCUT2D eigenvalue weighted by Crippen LogP contribution is -2.42. The lowest BCUT2D eigenvalue weighted by atomic mass is 10.2. The average Bonchev–Trinajstić information content (AvgIpc) is 2.50. The minimum Gasteiger partial charge on any atom is -0.386 e. The quantitative estimate of drug-likeness (QED) is 0.487. The van der Waals surface area contributed by atoms with Crippen LogP contribution in [0.4, 0.5) is 0 Å². The molecule has 0 aliphatic carbocycles. The lowest BCUT2D eigenvalue weighted by molar-refractivity contribution is -0.219. The Kier molecular flexibility index (Phi) is 2.50. The Hall–Kier alpha value is -0.240. The number of aliphatic hydroxyl groups is 2. The standard InChI is InChI=1S/C8H15NO5/c1-8(2)13-5-4(11)6(9-3-10)12-7(5)14-8/h4-7,9-11H,3H2,1-2H3/t4-,5-,6+,7-/m1/s1. The van der Waals surface area contributed by atoms with Crippen LogP contribution in [0.3, 0.4) is 0 Å². The van der Waals surface area contributed by atoms with Crippen LogP contribution in [0, 0.1) is 0 Å². The second-order valence-electron chi connectivity index (χ2n) is 3.88. The zero-order valence-corrected chi connectivity index (χ0v) is 8.14. The molecule has 0 radical (unpaired) electrons. The molecule has 4 atom stereocenters. The Morgan fingerprint density at radius 1 is 1.36 bits per heavy atom. The van der Waals surface area contributed by atoms with Gasteiger partial charge in [0.25, 0.3) is 0 Å². The van der Waals surface area contributed by atoms with Gasteiger partial charge in [-0.2, -0.15) is 0 Å². The van der Waals surface area contributed by atoms with E-state index in [4.69, 9.17) is 19.3 Å². The lowest BCUT2D eigenvalue weighted by Gasteiger charge is -2.22. The molecular formula is C8H15NO5. The zero-order chi connectivity index (χ0) is 10.3. The van der Waals surface area contributed by atoms with E-state index in [0.29, 0.717) is 0 Å². The van der Waals surface area contributed by atoms with Crippen LogP contribution in [0.1, 0.15) is 13.8 Å². The first-order valence-corrected chi connectivity index (χ1v) is 4.57. The highest BCUT2D eigenvalue weighted by molar-refractivity contribution is 4.91. The highest BCUT2D eigenvalue weighted by Crippen LogP contribution is 2.36. The summed E-state index contributed by atoms with van der Waals surface area (Å²) in [6.07, 6.45) is -2.52. The molecule has 2 aliphatic rings. The third-order valence-corrected chi connectivity index (χ3v) is 2.31. The van der Waals surface area contributed by atoms with Crippen LogP contribution in [-0.2, 0) is 14.2 Å². The van der Waals surface area contributed by atoms with E-state index >= 15 is 0 Å². The van der Waals surface area contributed by atoms with Crippen molar-refractivity contribution in [3.8, 4) is 0 Å². The van der Waals surface area contributed by atoms with Gasteiger partial charge in [0, 0.05) is 0 Å². The van der Waals surface area contributed by atoms with E-state index in [0.717, 1.165) is 0 Å². The third-order valence-electron chi connectivity index (χ3n) is 2.31. The number of ether oxygens (including phenoxy) is 3. The summed E-state index contributed by atoms with van der Waals surface area (Å²) in [4.78, 5) is 0. The summed E-state index contributed by atoms with van der Waals surface area (Å²) in [7, 11) is 0. The highest BCUT2D eigenvalue weighted by atomic mass is 16.8. The Morgan fingerprint density at radius 2 is 2.07 bits per heavy atom. The molecule has 2 fully saturated rings. The van der Waals surface area contributed by atoms with Crippen molar-refractivity contribution in [3.63, 3.8) is 0 Å². The molecule has 0 aromatic rings. The summed E-state index contributed by atoms with van der Waals surface area (Å²) in [6.45, 7) is 3.26. The van der Waals surface area contributed by atoms with Gasteiger partial charge in [0.1, 0.15) is 18.4 Å². The molecule has 3 N–H and O–H groups in total. The largest absolute Gasteiger partial charge is 0.386 e. The summed E-state index contributed by atoms with van der Waals surface area (Å²) >= 11 is 0. The van der Waals surface area contributed by atoms with Crippen LogP contribution < -0.4 is 5.32 Å². The number of nitrogens with one attached hydrogen (secondary N) is 1. The van der Waals surface area contributed by atoms with Crippen LogP contribution >= 0.6 is 0 Å². The summed E-state index contributed by atoms with van der Waals surface area (Å²) in [5.41, 5.74) is 0. The number of aliphatic hydroxyl groups excluding tert-OH is 2. The first-order chi connectivity index (χ1) is 6.53. The van der Waals surface area contributed by atoms with Crippen LogP contribution in [0.5, 0.6) is 0 Å². The van der Waals surface area contributed by atoms with E-state index < -0.39 is 30.5 Å². The maximum absolute atomic E-state index is 9.72. The maximum Gasteiger partial charge on any atom is 0.191 e. The van der Waals surface area contributed by atoms with Crippen molar-refractivity contribution < 1.29 is 24.4 Å².